The summed E-state index contributed by atoms with van der Waals surface area (Å²) in [5.41, 5.74) is 3.12. The lowest BCUT2D eigenvalue weighted by atomic mass is 9.79. The van der Waals surface area contributed by atoms with Crippen LogP contribution in [-0.2, 0) is 20.7 Å². The lowest BCUT2D eigenvalue weighted by Gasteiger charge is -2.27. The second-order valence-electron chi connectivity index (χ2n) is 7.68. The number of fused-ring (bicyclic) bond motifs is 1. The molecule has 2 saturated carbocycles. The molecule has 6 heteroatoms. The van der Waals surface area contributed by atoms with Gasteiger partial charge in [-0.05, 0) is 54.2 Å². The van der Waals surface area contributed by atoms with Gasteiger partial charge in [0.1, 0.15) is 6.10 Å². The van der Waals surface area contributed by atoms with E-state index in [9.17, 15) is 9.59 Å². The van der Waals surface area contributed by atoms with Crippen molar-refractivity contribution in [3.05, 3.63) is 59.9 Å². The second kappa shape index (κ2) is 6.44. The maximum atomic E-state index is 12.9. The molecule has 2 bridgehead atoms. The van der Waals surface area contributed by atoms with Gasteiger partial charge in [-0.15, -0.1) is 0 Å². The largest absolute Gasteiger partial charge is 0.461 e. The minimum Gasteiger partial charge on any atom is -0.461 e. The number of ether oxygens (including phenoxy) is 1. The van der Waals surface area contributed by atoms with Crippen LogP contribution in [0.15, 0.2) is 48.8 Å². The van der Waals surface area contributed by atoms with E-state index in [1.165, 1.54) is 11.1 Å². The summed E-state index contributed by atoms with van der Waals surface area (Å²) in [6, 6.07) is 11.9. The van der Waals surface area contributed by atoms with Gasteiger partial charge in [-0.2, -0.15) is 0 Å². The molecule has 6 unspecified atom stereocenters. The van der Waals surface area contributed by atoms with E-state index in [4.69, 9.17) is 4.74 Å². The number of hydrogen-bond donors (Lipinski definition) is 1. The van der Waals surface area contributed by atoms with Crippen molar-refractivity contribution < 1.29 is 14.3 Å². The number of carbonyl (C=O) groups is 2. The average Bonchev–Trinajstić information content (AvgIpc) is 3.28. The Labute approximate surface area is 165 Å². The summed E-state index contributed by atoms with van der Waals surface area (Å²) in [5.74, 6) is -0.506. The third-order valence-corrected chi connectivity index (χ3v) is 7.40. The van der Waals surface area contributed by atoms with Crippen LogP contribution in [0.4, 0.5) is 5.69 Å². The van der Waals surface area contributed by atoms with Crippen molar-refractivity contribution in [3.8, 4) is 0 Å². The SMILES string of the molecule is O=C(Nc1ccc(Cc2ccncc2)cc1)C1C2CC3C(OC(=O)C31)C2Br. The molecule has 6 atom stereocenters. The molecule has 3 aliphatic rings. The summed E-state index contributed by atoms with van der Waals surface area (Å²) in [4.78, 5) is 29.2. The zero-order valence-electron chi connectivity index (χ0n) is 14.5. The van der Waals surface area contributed by atoms with E-state index in [1.807, 2.05) is 36.4 Å². The van der Waals surface area contributed by atoms with Gasteiger partial charge in [0, 0.05) is 24.0 Å². The van der Waals surface area contributed by atoms with Gasteiger partial charge in [0.05, 0.1) is 16.7 Å². The smallest absolute Gasteiger partial charge is 0.310 e. The van der Waals surface area contributed by atoms with Crippen LogP contribution in [0.25, 0.3) is 0 Å². The zero-order chi connectivity index (χ0) is 18.5. The number of carbonyl (C=O) groups excluding carboxylic acids is 2. The van der Waals surface area contributed by atoms with Crippen molar-refractivity contribution in [1.82, 2.24) is 4.98 Å². The highest BCUT2D eigenvalue weighted by atomic mass is 79.9. The Kier molecular flexibility index (Phi) is 4.04. The molecule has 1 amide bonds. The van der Waals surface area contributed by atoms with Crippen molar-refractivity contribution in [2.45, 2.75) is 23.8 Å². The van der Waals surface area contributed by atoms with E-state index in [2.05, 4.69) is 26.2 Å². The van der Waals surface area contributed by atoms with Gasteiger partial charge in [0.25, 0.3) is 0 Å². The zero-order valence-corrected chi connectivity index (χ0v) is 16.1. The highest BCUT2D eigenvalue weighted by Gasteiger charge is 2.67. The number of pyridine rings is 1. The van der Waals surface area contributed by atoms with Crippen LogP contribution in [0.2, 0.25) is 0 Å². The summed E-state index contributed by atoms with van der Waals surface area (Å²) < 4.78 is 5.48. The van der Waals surface area contributed by atoms with E-state index in [1.54, 1.807) is 12.4 Å². The number of nitrogens with one attached hydrogen (secondary N) is 1. The maximum absolute atomic E-state index is 12.9. The van der Waals surface area contributed by atoms with Gasteiger partial charge in [-0.25, -0.2) is 0 Å². The Morgan fingerprint density at radius 3 is 2.56 bits per heavy atom. The Balaban J connectivity index is 1.28. The number of amides is 1. The number of halogens is 1. The molecule has 2 heterocycles. The highest BCUT2D eigenvalue weighted by molar-refractivity contribution is 9.09. The van der Waals surface area contributed by atoms with E-state index < -0.39 is 0 Å². The summed E-state index contributed by atoms with van der Waals surface area (Å²) >= 11 is 3.65. The summed E-state index contributed by atoms with van der Waals surface area (Å²) in [7, 11) is 0. The predicted octanol–water partition coefficient (Wildman–Crippen LogP) is 3.18. The summed E-state index contributed by atoms with van der Waals surface area (Å²) in [5, 5.41) is 3.01. The van der Waals surface area contributed by atoms with Crippen LogP contribution in [0.1, 0.15) is 17.5 Å². The molecule has 138 valence electrons. The van der Waals surface area contributed by atoms with Crippen molar-refractivity contribution >= 4 is 33.5 Å². The number of rotatable bonds is 4. The molecule has 2 aliphatic carbocycles. The van der Waals surface area contributed by atoms with Crippen LogP contribution in [0, 0.1) is 23.7 Å². The lowest BCUT2D eigenvalue weighted by Crippen LogP contribution is -2.40. The van der Waals surface area contributed by atoms with E-state index in [0.29, 0.717) is 0 Å². The van der Waals surface area contributed by atoms with Gasteiger partial charge in [0.15, 0.2) is 0 Å². The van der Waals surface area contributed by atoms with Crippen LogP contribution < -0.4 is 5.32 Å². The van der Waals surface area contributed by atoms with E-state index >= 15 is 0 Å². The fraction of sp³-hybridized carbons (Fsp3) is 0.381. The molecule has 0 radical (unpaired) electrons. The molecule has 5 nitrogen and oxygen atoms in total. The Morgan fingerprint density at radius 1 is 1.11 bits per heavy atom. The fourth-order valence-electron chi connectivity index (χ4n) is 5.00. The first kappa shape index (κ1) is 16.9. The molecule has 1 aromatic heterocycles. The number of esters is 1. The number of benzene rings is 1. The third kappa shape index (κ3) is 2.78. The first-order valence-corrected chi connectivity index (χ1v) is 10.2. The fourth-order valence-corrected chi connectivity index (χ4v) is 6.04. The van der Waals surface area contributed by atoms with Crippen LogP contribution in [-0.4, -0.2) is 27.8 Å². The molecule has 5 rings (SSSR count). The number of nitrogens with zero attached hydrogens (tertiary/aromatic N) is 1. The molecule has 1 aromatic carbocycles. The Morgan fingerprint density at radius 2 is 1.81 bits per heavy atom. The van der Waals surface area contributed by atoms with Gasteiger partial charge >= 0.3 is 5.97 Å². The number of anilines is 1. The monoisotopic (exact) mass is 426 g/mol. The molecule has 27 heavy (non-hydrogen) atoms. The Bertz CT molecular complexity index is 886. The second-order valence-corrected chi connectivity index (χ2v) is 8.74. The lowest BCUT2D eigenvalue weighted by molar-refractivity contribution is -0.145. The van der Waals surface area contributed by atoms with Crippen molar-refractivity contribution in [2.24, 2.45) is 23.7 Å². The molecule has 2 aromatic rings. The maximum Gasteiger partial charge on any atom is 0.310 e. The normalized spacial score (nSPS) is 33.1. The van der Waals surface area contributed by atoms with Crippen molar-refractivity contribution in [2.75, 3.05) is 5.32 Å². The van der Waals surface area contributed by atoms with Gasteiger partial charge in [-0.1, -0.05) is 28.1 Å². The number of hydrogen-bond acceptors (Lipinski definition) is 4. The molecule has 3 fully saturated rings. The van der Waals surface area contributed by atoms with E-state index in [0.717, 1.165) is 18.5 Å². The Hall–Kier alpha value is -2.21. The highest BCUT2D eigenvalue weighted by Crippen LogP contribution is 2.60. The summed E-state index contributed by atoms with van der Waals surface area (Å²) in [6.07, 6.45) is 5.23. The first-order valence-electron chi connectivity index (χ1n) is 9.25. The van der Waals surface area contributed by atoms with Crippen molar-refractivity contribution in [3.63, 3.8) is 0 Å². The minimum atomic E-state index is -0.304. The number of aromatic nitrogens is 1. The van der Waals surface area contributed by atoms with Gasteiger partial charge < -0.3 is 10.1 Å². The topological polar surface area (TPSA) is 68.3 Å². The standard InChI is InChI=1S/C21H19BrN2O3/c22-18-14-10-15-17(21(26)27-19(15)18)16(14)20(25)24-13-3-1-11(2-4-13)9-12-5-7-23-8-6-12/h1-8,14-19H,9-10H2,(H,24,25). The minimum absolute atomic E-state index is 0.0518. The molecular weight excluding hydrogens is 408 g/mol. The van der Waals surface area contributed by atoms with Gasteiger partial charge in [-0.3, -0.25) is 14.6 Å². The molecule has 0 spiro atoms. The third-order valence-electron chi connectivity index (χ3n) is 6.20. The van der Waals surface area contributed by atoms with Crippen LogP contribution in [0.5, 0.6) is 0 Å². The average molecular weight is 427 g/mol. The predicted molar refractivity (Wildman–Crippen MR) is 103 cm³/mol. The van der Waals surface area contributed by atoms with E-state index in [-0.39, 0.29) is 46.5 Å². The van der Waals surface area contributed by atoms with Crippen LogP contribution >= 0.6 is 15.9 Å². The summed E-state index contributed by atoms with van der Waals surface area (Å²) in [6.45, 7) is 0. The molecule has 1 aliphatic heterocycles. The molecule has 1 saturated heterocycles. The van der Waals surface area contributed by atoms with Crippen LogP contribution in [0.3, 0.4) is 0 Å². The van der Waals surface area contributed by atoms with Gasteiger partial charge in [0.2, 0.25) is 5.91 Å². The first-order chi connectivity index (χ1) is 13.1. The molecule has 1 N–H and O–H groups in total. The number of alkyl halides is 1. The molecular formula is C21H19BrN2O3. The van der Waals surface area contributed by atoms with Crippen molar-refractivity contribution in [1.29, 1.82) is 0 Å². The quantitative estimate of drug-likeness (QED) is 0.601.